The van der Waals surface area contributed by atoms with Crippen molar-refractivity contribution in [2.24, 2.45) is 0 Å². The van der Waals surface area contributed by atoms with Crippen molar-refractivity contribution in [3.05, 3.63) is 41.4 Å². The van der Waals surface area contributed by atoms with E-state index in [2.05, 4.69) is 4.98 Å². The fourth-order valence-corrected chi connectivity index (χ4v) is 1.76. The second-order valence-corrected chi connectivity index (χ2v) is 3.98. The standard InChI is InChI=1S/C11H9NO3S/c13-10(14)7-8-2-1-3-9(6-8)15-11-12-4-5-16-11/h1-6H,7H2,(H,13,14). The number of nitrogens with zero attached hydrogens (tertiary/aromatic N) is 1. The highest BCUT2D eigenvalue weighted by atomic mass is 32.1. The topological polar surface area (TPSA) is 59.4 Å². The van der Waals surface area contributed by atoms with Gasteiger partial charge in [-0.1, -0.05) is 23.5 Å². The van der Waals surface area contributed by atoms with Gasteiger partial charge >= 0.3 is 5.97 Å². The molecule has 1 N–H and O–H groups in total. The lowest BCUT2D eigenvalue weighted by Gasteiger charge is -2.03. The van der Waals surface area contributed by atoms with Crippen LogP contribution in [0.1, 0.15) is 5.56 Å². The number of aliphatic carboxylic acids is 1. The Kier molecular flexibility index (Phi) is 3.16. The van der Waals surface area contributed by atoms with Crippen LogP contribution in [0.5, 0.6) is 10.9 Å². The maximum absolute atomic E-state index is 10.5. The Morgan fingerprint density at radius 3 is 3.06 bits per heavy atom. The van der Waals surface area contributed by atoms with Gasteiger partial charge in [-0.3, -0.25) is 4.79 Å². The molecule has 82 valence electrons. The van der Waals surface area contributed by atoms with E-state index in [1.54, 1.807) is 30.5 Å². The minimum atomic E-state index is -0.855. The first kappa shape index (κ1) is 10.6. The average molecular weight is 235 g/mol. The van der Waals surface area contributed by atoms with Crippen molar-refractivity contribution in [1.29, 1.82) is 0 Å². The number of carboxylic acids is 1. The Balaban J connectivity index is 2.13. The van der Waals surface area contributed by atoms with Gasteiger partial charge in [0.25, 0.3) is 5.19 Å². The number of benzene rings is 1. The van der Waals surface area contributed by atoms with Gasteiger partial charge in [-0.25, -0.2) is 4.98 Å². The normalized spacial score (nSPS) is 10.0. The Hall–Kier alpha value is -1.88. The van der Waals surface area contributed by atoms with E-state index in [9.17, 15) is 4.79 Å². The average Bonchev–Trinajstić information content (AvgIpc) is 2.70. The van der Waals surface area contributed by atoms with E-state index in [1.165, 1.54) is 11.3 Å². The van der Waals surface area contributed by atoms with Crippen LogP contribution in [0.25, 0.3) is 0 Å². The number of aromatic nitrogens is 1. The van der Waals surface area contributed by atoms with E-state index in [0.29, 0.717) is 16.5 Å². The fraction of sp³-hybridized carbons (Fsp3) is 0.0909. The molecule has 0 amide bonds. The first-order valence-corrected chi connectivity index (χ1v) is 5.50. The largest absolute Gasteiger partial charge is 0.481 e. The lowest BCUT2D eigenvalue weighted by atomic mass is 10.1. The lowest BCUT2D eigenvalue weighted by molar-refractivity contribution is -0.136. The second kappa shape index (κ2) is 4.76. The Bertz CT molecular complexity index is 482. The predicted octanol–water partition coefficient (Wildman–Crippen LogP) is 2.56. The molecule has 0 saturated carbocycles. The van der Waals surface area contributed by atoms with Crippen molar-refractivity contribution in [3.8, 4) is 10.9 Å². The Morgan fingerprint density at radius 2 is 2.38 bits per heavy atom. The molecule has 0 fully saturated rings. The van der Waals surface area contributed by atoms with Gasteiger partial charge < -0.3 is 9.84 Å². The molecule has 0 radical (unpaired) electrons. The van der Waals surface area contributed by atoms with Gasteiger partial charge in [-0.2, -0.15) is 0 Å². The summed E-state index contributed by atoms with van der Waals surface area (Å²) in [5.74, 6) is -0.250. The first-order chi connectivity index (χ1) is 7.74. The number of hydrogen-bond acceptors (Lipinski definition) is 4. The van der Waals surface area contributed by atoms with E-state index in [4.69, 9.17) is 9.84 Å². The van der Waals surface area contributed by atoms with Gasteiger partial charge in [0.1, 0.15) is 5.75 Å². The van der Waals surface area contributed by atoms with Gasteiger partial charge in [-0.05, 0) is 17.7 Å². The number of thiazole rings is 1. The summed E-state index contributed by atoms with van der Waals surface area (Å²) in [5.41, 5.74) is 0.710. The SMILES string of the molecule is O=C(O)Cc1cccc(Oc2nccs2)c1. The van der Waals surface area contributed by atoms with Crippen LogP contribution in [-0.2, 0) is 11.2 Å². The van der Waals surface area contributed by atoms with Crippen LogP contribution in [-0.4, -0.2) is 16.1 Å². The molecule has 1 aromatic heterocycles. The van der Waals surface area contributed by atoms with E-state index in [-0.39, 0.29) is 6.42 Å². The zero-order valence-corrected chi connectivity index (χ0v) is 9.11. The molecule has 1 aromatic carbocycles. The van der Waals surface area contributed by atoms with Crippen LogP contribution in [0.3, 0.4) is 0 Å². The Morgan fingerprint density at radius 1 is 1.50 bits per heavy atom. The summed E-state index contributed by atoms with van der Waals surface area (Å²) in [6.45, 7) is 0. The zero-order valence-electron chi connectivity index (χ0n) is 8.29. The number of carboxylic acid groups (broad SMARTS) is 1. The van der Waals surface area contributed by atoms with Crippen molar-refractivity contribution in [2.75, 3.05) is 0 Å². The fourth-order valence-electron chi connectivity index (χ4n) is 1.26. The summed E-state index contributed by atoms with van der Waals surface area (Å²) < 4.78 is 5.46. The predicted molar refractivity (Wildman–Crippen MR) is 60.0 cm³/mol. The second-order valence-electron chi connectivity index (χ2n) is 3.12. The molecule has 0 aliphatic rings. The molecule has 5 heteroatoms. The van der Waals surface area contributed by atoms with E-state index in [1.807, 2.05) is 5.38 Å². The minimum absolute atomic E-state index is 0.00489. The molecule has 0 aliphatic heterocycles. The van der Waals surface area contributed by atoms with Crippen LogP contribution in [0.2, 0.25) is 0 Å². The highest BCUT2D eigenvalue weighted by Gasteiger charge is 2.03. The number of ether oxygens (including phenoxy) is 1. The highest BCUT2D eigenvalue weighted by Crippen LogP contribution is 2.23. The van der Waals surface area contributed by atoms with Crippen molar-refractivity contribution >= 4 is 17.3 Å². The molecule has 2 aromatic rings. The molecule has 1 heterocycles. The maximum atomic E-state index is 10.5. The highest BCUT2D eigenvalue weighted by molar-refractivity contribution is 7.11. The van der Waals surface area contributed by atoms with Crippen LogP contribution < -0.4 is 4.74 Å². The van der Waals surface area contributed by atoms with Gasteiger partial charge in [-0.15, -0.1) is 0 Å². The summed E-state index contributed by atoms with van der Waals surface area (Å²) in [5, 5.41) is 11.0. The van der Waals surface area contributed by atoms with Crippen LogP contribution in [0.4, 0.5) is 0 Å². The maximum Gasteiger partial charge on any atom is 0.307 e. The molecule has 4 nitrogen and oxygen atoms in total. The monoisotopic (exact) mass is 235 g/mol. The number of rotatable bonds is 4. The smallest absolute Gasteiger partial charge is 0.307 e. The van der Waals surface area contributed by atoms with Gasteiger partial charge in [0.2, 0.25) is 0 Å². The third-order valence-electron chi connectivity index (χ3n) is 1.87. The van der Waals surface area contributed by atoms with Crippen molar-refractivity contribution in [2.45, 2.75) is 6.42 Å². The van der Waals surface area contributed by atoms with Crippen molar-refractivity contribution in [3.63, 3.8) is 0 Å². The van der Waals surface area contributed by atoms with Crippen molar-refractivity contribution < 1.29 is 14.6 Å². The Labute approximate surface area is 96.1 Å². The summed E-state index contributed by atoms with van der Waals surface area (Å²) in [6.07, 6.45) is 1.65. The number of hydrogen-bond donors (Lipinski definition) is 1. The lowest BCUT2D eigenvalue weighted by Crippen LogP contribution is -1.99. The molecule has 0 saturated heterocycles. The quantitative estimate of drug-likeness (QED) is 0.884. The minimum Gasteiger partial charge on any atom is -0.481 e. The van der Waals surface area contributed by atoms with E-state index < -0.39 is 5.97 Å². The molecule has 0 unspecified atom stereocenters. The summed E-state index contributed by atoms with van der Waals surface area (Å²) in [4.78, 5) is 14.5. The van der Waals surface area contributed by atoms with Gasteiger partial charge in [0.15, 0.2) is 0 Å². The van der Waals surface area contributed by atoms with E-state index in [0.717, 1.165) is 0 Å². The summed E-state index contributed by atoms with van der Waals surface area (Å²) >= 11 is 1.39. The molecule has 0 aliphatic carbocycles. The van der Waals surface area contributed by atoms with E-state index >= 15 is 0 Å². The molecular formula is C11H9NO3S. The molecular weight excluding hydrogens is 226 g/mol. The first-order valence-electron chi connectivity index (χ1n) is 4.62. The van der Waals surface area contributed by atoms with Gasteiger partial charge in [0.05, 0.1) is 6.42 Å². The zero-order chi connectivity index (χ0) is 11.4. The molecule has 16 heavy (non-hydrogen) atoms. The number of carbonyl (C=O) groups is 1. The summed E-state index contributed by atoms with van der Waals surface area (Å²) in [6, 6.07) is 6.99. The molecule has 0 spiro atoms. The molecule has 2 rings (SSSR count). The third-order valence-corrected chi connectivity index (χ3v) is 2.52. The van der Waals surface area contributed by atoms with Crippen LogP contribution in [0, 0.1) is 0 Å². The molecule has 0 atom stereocenters. The van der Waals surface area contributed by atoms with Crippen LogP contribution >= 0.6 is 11.3 Å². The van der Waals surface area contributed by atoms with Gasteiger partial charge in [0, 0.05) is 11.6 Å². The third kappa shape index (κ3) is 2.80. The van der Waals surface area contributed by atoms with Crippen molar-refractivity contribution in [1.82, 2.24) is 4.98 Å². The molecule has 0 bridgehead atoms. The summed E-state index contributed by atoms with van der Waals surface area (Å²) in [7, 11) is 0. The van der Waals surface area contributed by atoms with Crippen LogP contribution in [0.15, 0.2) is 35.8 Å².